The van der Waals surface area contributed by atoms with Gasteiger partial charge in [-0.3, -0.25) is 9.97 Å². The van der Waals surface area contributed by atoms with Crippen LogP contribution in [-0.4, -0.2) is 35.0 Å². The summed E-state index contributed by atoms with van der Waals surface area (Å²) in [4.78, 5) is 49.5. The number of hydrogen-bond donors (Lipinski definition) is 0. The molecule has 0 amide bonds. The molecule has 0 bridgehead atoms. The van der Waals surface area contributed by atoms with Crippen molar-refractivity contribution in [1.29, 1.82) is 0 Å². The van der Waals surface area contributed by atoms with Gasteiger partial charge in [0, 0.05) is 54.8 Å². The van der Waals surface area contributed by atoms with E-state index in [1.807, 2.05) is 6.92 Å². The van der Waals surface area contributed by atoms with Crippen molar-refractivity contribution in [2.75, 3.05) is 7.11 Å². The van der Waals surface area contributed by atoms with E-state index in [4.69, 9.17) is 42.4 Å². The molecule has 5 aromatic carbocycles. The molecule has 0 aliphatic carbocycles. The van der Waals surface area contributed by atoms with E-state index in [0.29, 0.717) is 64.7 Å². The molecular formula is C35H20Cl2N2O6. The summed E-state index contributed by atoms with van der Waals surface area (Å²) in [5.41, 5.74) is 2.41. The molecule has 0 atom stereocenters. The Bertz CT molecular complexity index is 2320. The first-order valence-corrected chi connectivity index (χ1v) is 14.4. The van der Waals surface area contributed by atoms with Crippen molar-refractivity contribution in [3.05, 3.63) is 117 Å². The van der Waals surface area contributed by atoms with Crippen LogP contribution >= 0.6 is 23.2 Å². The number of esters is 3. The van der Waals surface area contributed by atoms with Crippen LogP contribution in [0.3, 0.4) is 0 Å². The highest BCUT2D eigenvalue weighted by atomic mass is 35.5. The molecule has 2 aromatic heterocycles. The highest BCUT2D eigenvalue weighted by molar-refractivity contribution is 6.35. The summed E-state index contributed by atoms with van der Waals surface area (Å²) in [6.07, 6.45) is 3.06. The van der Waals surface area contributed by atoms with E-state index in [-0.39, 0.29) is 16.9 Å². The molecule has 0 saturated heterocycles. The third-order valence-electron chi connectivity index (χ3n) is 7.66. The number of fused-ring (bicyclic) bond motifs is 2. The first-order valence-electron chi connectivity index (χ1n) is 13.7. The maximum atomic E-state index is 13.6. The van der Waals surface area contributed by atoms with E-state index < -0.39 is 17.9 Å². The van der Waals surface area contributed by atoms with Crippen LogP contribution < -0.4 is 9.47 Å². The number of pyridine rings is 2. The lowest BCUT2D eigenvalue weighted by atomic mass is 9.89. The van der Waals surface area contributed by atoms with Crippen LogP contribution in [0.15, 0.2) is 85.2 Å². The molecule has 45 heavy (non-hydrogen) atoms. The van der Waals surface area contributed by atoms with E-state index in [9.17, 15) is 14.4 Å². The van der Waals surface area contributed by atoms with Crippen molar-refractivity contribution in [2.45, 2.75) is 6.92 Å². The molecule has 220 valence electrons. The normalized spacial score (nSPS) is 11.4. The first-order chi connectivity index (χ1) is 21.7. The van der Waals surface area contributed by atoms with Crippen LogP contribution in [-0.2, 0) is 4.74 Å². The summed E-state index contributed by atoms with van der Waals surface area (Å²) in [5, 5.41) is 4.52. The van der Waals surface area contributed by atoms with E-state index in [1.54, 1.807) is 79.0 Å². The molecule has 0 aliphatic rings. The average Bonchev–Trinajstić information content (AvgIpc) is 3.05. The van der Waals surface area contributed by atoms with Gasteiger partial charge >= 0.3 is 17.9 Å². The molecule has 0 N–H and O–H groups in total. The standard InChI is InChI=1S/C35H20Cl2N2O6/c1-17-15-38-31-23-12-14-25(35(42)45-21-9-5-19(37)6-10-21)28-26(33(40)43-2)16-39-32(30(23)28)22-11-13-24(27(17)29(22)31)34(41)44-20-7-3-18(36)4-8-20/h3-16H,1-2H3. The number of carbonyl (C=O) groups excluding carboxylic acids is 3. The van der Waals surface area contributed by atoms with Gasteiger partial charge in [0.25, 0.3) is 0 Å². The van der Waals surface area contributed by atoms with Gasteiger partial charge in [-0.2, -0.15) is 0 Å². The Morgan fingerprint density at radius 3 is 1.53 bits per heavy atom. The first kappa shape index (κ1) is 28.5. The maximum Gasteiger partial charge on any atom is 0.344 e. The van der Waals surface area contributed by atoms with Gasteiger partial charge < -0.3 is 14.2 Å². The SMILES string of the molecule is COC(=O)c1cnc2c3ccc(C(=O)Oc4ccc(Cl)cc4)c4c(C)cnc(c5ccc(C(=O)Oc6ccc(Cl)cc6)c1c52)c43. The summed E-state index contributed by atoms with van der Waals surface area (Å²) in [5.74, 6) is -1.26. The smallest absolute Gasteiger partial charge is 0.344 e. The van der Waals surface area contributed by atoms with Crippen molar-refractivity contribution in [3.63, 3.8) is 0 Å². The van der Waals surface area contributed by atoms with Gasteiger partial charge in [-0.05, 0) is 73.2 Å². The minimum Gasteiger partial charge on any atom is -0.465 e. The Balaban J connectivity index is 1.48. The van der Waals surface area contributed by atoms with Gasteiger partial charge in [0.2, 0.25) is 0 Å². The molecule has 7 rings (SSSR count). The average molecular weight is 635 g/mol. The second kappa shape index (κ2) is 11.0. The molecular weight excluding hydrogens is 615 g/mol. The van der Waals surface area contributed by atoms with Crippen molar-refractivity contribution in [1.82, 2.24) is 9.97 Å². The van der Waals surface area contributed by atoms with Gasteiger partial charge in [-0.15, -0.1) is 0 Å². The molecule has 0 unspecified atom stereocenters. The third-order valence-corrected chi connectivity index (χ3v) is 8.17. The fourth-order valence-electron chi connectivity index (χ4n) is 5.67. The summed E-state index contributed by atoms with van der Waals surface area (Å²) >= 11 is 12.0. The zero-order valence-electron chi connectivity index (χ0n) is 23.7. The van der Waals surface area contributed by atoms with Gasteiger partial charge in [0.1, 0.15) is 11.5 Å². The Labute approximate surface area is 265 Å². The Morgan fingerprint density at radius 2 is 1.02 bits per heavy atom. The van der Waals surface area contributed by atoms with Crippen LogP contribution in [0.4, 0.5) is 0 Å². The molecule has 8 nitrogen and oxygen atoms in total. The molecule has 0 radical (unpaired) electrons. The van der Waals surface area contributed by atoms with Crippen LogP contribution in [0.1, 0.15) is 36.6 Å². The highest BCUT2D eigenvalue weighted by Gasteiger charge is 2.27. The zero-order chi connectivity index (χ0) is 31.4. The Hall–Kier alpha value is -5.31. The number of hydrogen-bond acceptors (Lipinski definition) is 8. The fraction of sp³-hybridized carbons (Fsp3) is 0.0571. The second-order valence-corrected chi connectivity index (χ2v) is 11.2. The predicted molar refractivity (Wildman–Crippen MR) is 172 cm³/mol. The lowest BCUT2D eigenvalue weighted by molar-refractivity contribution is 0.0602. The fourth-order valence-corrected chi connectivity index (χ4v) is 5.92. The molecule has 0 saturated carbocycles. The van der Waals surface area contributed by atoms with Crippen molar-refractivity contribution < 1.29 is 28.6 Å². The number of aryl methyl sites for hydroxylation is 1. The second-order valence-electron chi connectivity index (χ2n) is 10.3. The summed E-state index contributed by atoms with van der Waals surface area (Å²) < 4.78 is 16.4. The number of ether oxygens (including phenoxy) is 3. The number of nitrogens with zero attached hydrogens (tertiary/aromatic N) is 2. The number of methoxy groups -OCH3 is 1. The minimum atomic E-state index is -0.681. The summed E-state index contributed by atoms with van der Waals surface area (Å²) in [6, 6.07) is 19.7. The summed E-state index contributed by atoms with van der Waals surface area (Å²) in [6.45, 7) is 1.86. The van der Waals surface area contributed by atoms with Crippen molar-refractivity contribution >= 4 is 84.5 Å². The van der Waals surface area contributed by atoms with E-state index in [2.05, 4.69) is 4.98 Å². The number of carbonyl (C=O) groups is 3. The highest BCUT2D eigenvalue weighted by Crippen LogP contribution is 2.42. The molecule has 2 heterocycles. The van der Waals surface area contributed by atoms with Gasteiger partial charge in [-0.25, -0.2) is 14.4 Å². The number of benzene rings is 5. The monoisotopic (exact) mass is 634 g/mol. The topological polar surface area (TPSA) is 105 Å². The molecule has 0 aliphatic heterocycles. The quantitative estimate of drug-likeness (QED) is 0.0804. The van der Waals surface area contributed by atoms with Crippen molar-refractivity contribution in [3.8, 4) is 11.5 Å². The minimum absolute atomic E-state index is 0.0936. The van der Waals surface area contributed by atoms with Crippen molar-refractivity contribution in [2.24, 2.45) is 0 Å². The largest absolute Gasteiger partial charge is 0.465 e. The number of rotatable bonds is 5. The number of aromatic nitrogens is 2. The molecule has 10 heteroatoms. The van der Waals surface area contributed by atoms with Crippen LogP contribution in [0, 0.1) is 6.92 Å². The zero-order valence-corrected chi connectivity index (χ0v) is 25.2. The summed E-state index contributed by atoms with van der Waals surface area (Å²) in [7, 11) is 1.26. The van der Waals surface area contributed by atoms with E-state index in [1.165, 1.54) is 13.3 Å². The molecule has 0 fully saturated rings. The number of halogens is 2. The van der Waals surface area contributed by atoms with Crippen LogP contribution in [0.2, 0.25) is 10.0 Å². The van der Waals surface area contributed by atoms with Gasteiger partial charge in [0.05, 0.1) is 34.8 Å². The van der Waals surface area contributed by atoms with E-state index in [0.717, 1.165) is 5.56 Å². The molecule has 7 aromatic rings. The van der Waals surface area contributed by atoms with Gasteiger partial charge in [0.15, 0.2) is 0 Å². The maximum absolute atomic E-state index is 13.6. The molecule has 0 spiro atoms. The van der Waals surface area contributed by atoms with Crippen LogP contribution in [0.5, 0.6) is 11.5 Å². The lowest BCUT2D eigenvalue weighted by Gasteiger charge is -2.18. The lowest BCUT2D eigenvalue weighted by Crippen LogP contribution is -2.13. The Kier molecular flexibility index (Phi) is 6.96. The van der Waals surface area contributed by atoms with Gasteiger partial charge in [-0.1, -0.05) is 35.3 Å². The predicted octanol–water partition coefficient (Wildman–Crippen LogP) is 8.37. The van der Waals surface area contributed by atoms with E-state index >= 15 is 0 Å². The third kappa shape index (κ3) is 4.75. The van der Waals surface area contributed by atoms with Crippen LogP contribution in [0.25, 0.3) is 43.4 Å². The Morgan fingerprint density at radius 1 is 0.556 bits per heavy atom.